The molecule has 40 heavy (non-hydrogen) atoms. The van der Waals surface area contributed by atoms with Crippen molar-refractivity contribution in [3.63, 3.8) is 0 Å². The Bertz CT molecular complexity index is 1230. The highest BCUT2D eigenvalue weighted by Gasteiger charge is 2.60. The maximum atomic E-state index is 13.0. The standard InChI is InChI=1S/C22H28N6O10S2/c1-10(2)36-21(33)38-11(3)37-18(31)15-16(30)28-7-12(8-35-20(32)27(4)5)22(40-17(15)28,26-14(29)6-24-34)13-9-39-19(23)25-13/h6-7,9-11,15,17,34H,8H2,1-5H3,(H2,23,25)(H,26,29)/b24-6-/t11?,15-,17+,22?/m1/s1. The summed E-state index contributed by atoms with van der Waals surface area (Å²) in [5, 5.41) is 15.1. The summed E-state index contributed by atoms with van der Waals surface area (Å²) in [6.45, 7) is 4.10. The first-order chi connectivity index (χ1) is 18.8. The Morgan fingerprint density at radius 1 is 1.27 bits per heavy atom. The average Bonchev–Trinajstić information content (AvgIpc) is 3.28. The number of hydrogen-bond acceptors (Lipinski definition) is 15. The van der Waals surface area contributed by atoms with Gasteiger partial charge < -0.3 is 45.0 Å². The number of β-lactam (4-membered cyclic amide) rings is 1. The van der Waals surface area contributed by atoms with Gasteiger partial charge >= 0.3 is 18.2 Å². The summed E-state index contributed by atoms with van der Waals surface area (Å²) in [5.41, 5.74) is 6.25. The maximum absolute atomic E-state index is 13.0. The fraction of sp³-hybridized carbons (Fsp3) is 0.500. The molecule has 1 fully saturated rings. The molecule has 218 valence electrons. The van der Waals surface area contributed by atoms with Gasteiger partial charge in [-0.2, -0.15) is 0 Å². The van der Waals surface area contributed by atoms with E-state index in [4.69, 9.17) is 29.9 Å². The van der Waals surface area contributed by atoms with E-state index in [0.29, 0.717) is 6.21 Å². The number of aromatic nitrogens is 1. The number of nitrogens with zero attached hydrogens (tertiary/aromatic N) is 4. The van der Waals surface area contributed by atoms with E-state index in [1.54, 1.807) is 19.2 Å². The number of anilines is 1. The number of oxime groups is 1. The van der Waals surface area contributed by atoms with Gasteiger partial charge in [0.1, 0.15) is 18.2 Å². The van der Waals surface area contributed by atoms with E-state index >= 15 is 0 Å². The third-order valence-electron chi connectivity index (χ3n) is 5.33. The molecule has 3 heterocycles. The molecule has 0 aliphatic carbocycles. The first-order valence-electron chi connectivity index (χ1n) is 11.6. The van der Waals surface area contributed by atoms with Crippen molar-refractivity contribution in [1.82, 2.24) is 20.1 Å². The fourth-order valence-corrected chi connectivity index (χ4v) is 5.95. The third-order valence-corrected chi connectivity index (χ3v) is 7.67. The molecule has 0 saturated carbocycles. The Kier molecular flexibility index (Phi) is 9.46. The van der Waals surface area contributed by atoms with Gasteiger partial charge in [-0.1, -0.05) is 16.9 Å². The lowest BCUT2D eigenvalue weighted by Crippen LogP contribution is -2.65. The third kappa shape index (κ3) is 6.56. The van der Waals surface area contributed by atoms with Crippen molar-refractivity contribution in [1.29, 1.82) is 0 Å². The molecule has 2 unspecified atom stereocenters. The molecular weight excluding hydrogens is 572 g/mol. The van der Waals surface area contributed by atoms with Crippen molar-refractivity contribution >= 4 is 64.5 Å². The summed E-state index contributed by atoms with van der Waals surface area (Å²) in [6, 6.07) is 0. The highest BCUT2D eigenvalue weighted by Crippen LogP contribution is 2.53. The number of rotatable bonds is 9. The van der Waals surface area contributed by atoms with E-state index in [2.05, 4.69) is 15.5 Å². The molecule has 0 aromatic carbocycles. The molecule has 0 bridgehead atoms. The second kappa shape index (κ2) is 12.4. The molecule has 4 N–H and O–H groups in total. The number of thiazole rings is 1. The minimum atomic E-state index is -1.62. The molecule has 1 aromatic heterocycles. The van der Waals surface area contributed by atoms with Crippen molar-refractivity contribution in [2.24, 2.45) is 11.1 Å². The van der Waals surface area contributed by atoms with Crippen LogP contribution in [0.1, 0.15) is 26.5 Å². The zero-order valence-electron chi connectivity index (χ0n) is 22.1. The fourth-order valence-electron chi connectivity index (χ4n) is 3.61. The van der Waals surface area contributed by atoms with E-state index in [-0.39, 0.29) is 16.4 Å². The first kappa shape index (κ1) is 30.5. The monoisotopic (exact) mass is 600 g/mol. The Labute approximate surface area is 236 Å². The highest BCUT2D eigenvalue weighted by molar-refractivity contribution is 8.01. The van der Waals surface area contributed by atoms with Gasteiger partial charge in [0.15, 0.2) is 15.9 Å². The zero-order chi connectivity index (χ0) is 29.8. The summed E-state index contributed by atoms with van der Waals surface area (Å²) in [7, 11) is 2.94. The van der Waals surface area contributed by atoms with Crippen LogP contribution in [0.25, 0.3) is 0 Å². The van der Waals surface area contributed by atoms with E-state index in [9.17, 15) is 24.0 Å². The largest absolute Gasteiger partial charge is 0.511 e. The smallest absolute Gasteiger partial charge is 0.445 e. The van der Waals surface area contributed by atoms with Gasteiger partial charge in [0, 0.05) is 38.2 Å². The number of nitrogens with one attached hydrogen (secondary N) is 1. The Morgan fingerprint density at radius 3 is 2.55 bits per heavy atom. The van der Waals surface area contributed by atoms with E-state index in [1.807, 2.05) is 0 Å². The van der Waals surface area contributed by atoms with Crippen molar-refractivity contribution < 1.29 is 48.1 Å². The van der Waals surface area contributed by atoms with Crippen LogP contribution in [-0.4, -0.2) is 94.7 Å². The van der Waals surface area contributed by atoms with Gasteiger partial charge in [-0.3, -0.25) is 14.4 Å². The van der Waals surface area contributed by atoms with Crippen LogP contribution in [0.5, 0.6) is 0 Å². The number of esters is 1. The van der Waals surface area contributed by atoms with Gasteiger partial charge in [0.2, 0.25) is 12.2 Å². The van der Waals surface area contributed by atoms with Crippen LogP contribution in [0.15, 0.2) is 22.3 Å². The number of nitrogen functional groups attached to an aromatic ring is 1. The van der Waals surface area contributed by atoms with Gasteiger partial charge in [-0.25, -0.2) is 14.6 Å². The predicted octanol–water partition coefficient (Wildman–Crippen LogP) is 1.02. The van der Waals surface area contributed by atoms with Crippen LogP contribution in [0.2, 0.25) is 0 Å². The van der Waals surface area contributed by atoms with Crippen LogP contribution >= 0.6 is 23.1 Å². The molecule has 3 amide bonds. The molecule has 3 rings (SSSR count). The zero-order valence-corrected chi connectivity index (χ0v) is 23.7. The number of nitrogens with two attached hydrogens (primary N) is 1. The summed E-state index contributed by atoms with van der Waals surface area (Å²) < 4.78 is 20.2. The first-order valence-corrected chi connectivity index (χ1v) is 13.4. The lowest BCUT2D eigenvalue weighted by atomic mass is 9.96. The summed E-state index contributed by atoms with van der Waals surface area (Å²) >= 11 is 1.98. The number of fused-ring (bicyclic) bond motifs is 1. The quantitative estimate of drug-likeness (QED) is 0.0528. The van der Waals surface area contributed by atoms with E-state index in [0.717, 1.165) is 23.1 Å². The molecule has 1 aromatic rings. The number of carbonyl (C=O) groups is 5. The molecule has 2 aliphatic heterocycles. The van der Waals surface area contributed by atoms with Crippen molar-refractivity contribution in [3.8, 4) is 0 Å². The number of thioether (sulfide) groups is 1. The van der Waals surface area contributed by atoms with Crippen LogP contribution in [0.3, 0.4) is 0 Å². The van der Waals surface area contributed by atoms with Crippen LogP contribution in [0.4, 0.5) is 14.7 Å². The molecule has 18 heteroatoms. The number of amides is 3. The minimum Gasteiger partial charge on any atom is -0.445 e. The average molecular weight is 601 g/mol. The SMILES string of the molecule is CC(C)OC(=O)OC(C)OC(=O)[C@@H]1C(=O)N2C=C(COC(=O)N(C)C)C(NC(=O)/C=N\O)(c3csc(N)n3)S[C@@H]12. The predicted molar refractivity (Wildman–Crippen MR) is 140 cm³/mol. The van der Waals surface area contributed by atoms with Gasteiger partial charge in [0.05, 0.1) is 11.8 Å². The molecular formula is C22H28N6O10S2. The van der Waals surface area contributed by atoms with Gasteiger partial charge in [0.25, 0.3) is 5.91 Å². The summed E-state index contributed by atoms with van der Waals surface area (Å²) in [6.07, 6.45) is -1.66. The van der Waals surface area contributed by atoms with E-state index < -0.39 is 65.2 Å². The van der Waals surface area contributed by atoms with Gasteiger partial charge in [-0.15, -0.1) is 11.3 Å². The van der Waals surface area contributed by atoms with E-state index in [1.165, 1.54) is 37.0 Å². The molecule has 4 atom stereocenters. The van der Waals surface area contributed by atoms with Crippen LogP contribution in [0, 0.1) is 5.92 Å². The normalized spacial score (nSPS) is 22.5. The second-order valence-corrected chi connectivity index (χ2v) is 11.1. The Morgan fingerprint density at radius 2 is 1.98 bits per heavy atom. The Hall–Kier alpha value is -4.06. The van der Waals surface area contributed by atoms with Crippen molar-refractivity contribution in [2.75, 3.05) is 26.4 Å². The topological polar surface area (TPSA) is 212 Å². The molecule has 1 saturated heterocycles. The number of carbonyl (C=O) groups excluding carboxylic acids is 5. The van der Waals surface area contributed by atoms with Crippen molar-refractivity contribution in [3.05, 3.63) is 22.8 Å². The molecule has 0 radical (unpaired) electrons. The summed E-state index contributed by atoms with van der Waals surface area (Å²) in [5.74, 6) is -3.87. The highest BCUT2D eigenvalue weighted by atomic mass is 32.2. The molecule has 2 aliphatic rings. The molecule has 16 nitrogen and oxygen atoms in total. The maximum Gasteiger partial charge on any atom is 0.511 e. The molecule has 0 spiro atoms. The minimum absolute atomic E-state index is 0.145. The number of ether oxygens (including phenoxy) is 4. The van der Waals surface area contributed by atoms with Crippen LogP contribution < -0.4 is 11.1 Å². The lowest BCUT2D eigenvalue weighted by molar-refractivity contribution is -0.182. The number of hydrogen-bond donors (Lipinski definition) is 3. The van der Waals surface area contributed by atoms with Gasteiger partial charge in [-0.05, 0) is 13.8 Å². The Balaban J connectivity index is 1.94. The van der Waals surface area contributed by atoms with Crippen molar-refractivity contribution in [2.45, 2.75) is 43.4 Å². The second-order valence-electron chi connectivity index (χ2n) is 8.86. The summed E-state index contributed by atoms with van der Waals surface area (Å²) in [4.78, 5) is 67.6. The lowest BCUT2D eigenvalue weighted by Gasteiger charge is -2.52. The van der Waals surface area contributed by atoms with Crippen LogP contribution in [-0.2, 0) is 38.2 Å².